The molecule has 0 aliphatic carbocycles. The van der Waals surface area contributed by atoms with Crippen LogP contribution in [-0.2, 0) is 11.3 Å². The SMILES string of the molecule is CCNc1cc(C)nc(COCC)n1. The normalized spacial score (nSPS) is 10.2. The predicted octanol–water partition coefficient (Wildman–Crippen LogP) is 1.75. The number of anilines is 1. The predicted molar refractivity (Wildman–Crippen MR) is 56.3 cm³/mol. The van der Waals surface area contributed by atoms with Gasteiger partial charge in [0.25, 0.3) is 0 Å². The van der Waals surface area contributed by atoms with E-state index in [4.69, 9.17) is 4.74 Å². The van der Waals surface area contributed by atoms with E-state index in [1.54, 1.807) is 0 Å². The van der Waals surface area contributed by atoms with Crippen LogP contribution < -0.4 is 5.32 Å². The van der Waals surface area contributed by atoms with Crippen LogP contribution in [0.2, 0.25) is 0 Å². The summed E-state index contributed by atoms with van der Waals surface area (Å²) in [6.45, 7) is 7.99. The molecule has 1 rings (SSSR count). The van der Waals surface area contributed by atoms with Gasteiger partial charge >= 0.3 is 0 Å². The Balaban J connectivity index is 2.73. The van der Waals surface area contributed by atoms with E-state index in [-0.39, 0.29) is 0 Å². The molecule has 0 aliphatic heterocycles. The second-order valence-corrected chi connectivity index (χ2v) is 2.98. The number of aryl methyl sites for hydroxylation is 1. The number of hydrogen-bond acceptors (Lipinski definition) is 4. The van der Waals surface area contributed by atoms with Crippen LogP contribution in [0.5, 0.6) is 0 Å². The lowest BCUT2D eigenvalue weighted by molar-refractivity contribution is 0.128. The molecular weight excluding hydrogens is 178 g/mol. The van der Waals surface area contributed by atoms with E-state index in [2.05, 4.69) is 15.3 Å². The van der Waals surface area contributed by atoms with Gasteiger partial charge < -0.3 is 10.1 Å². The summed E-state index contributed by atoms with van der Waals surface area (Å²) in [4.78, 5) is 8.59. The summed E-state index contributed by atoms with van der Waals surface area (Å²) in [5.41, 5.74) is 0.964. The maximum atomic E-state index is 5.25. The standard InChI is InChI=1S/C10H17N3O/c1-4-11-9-6-8(3)12-10(13-9)7-14-5-2/h6H,4-5,7H2,1-3H3,(H,11,12,13). The van der Waals surface area contributed by atoms with E-state index in [1.807, 2.05) is 26.8 Å². The first-order chi connectivity index (χ1) is 6.76. The van der Waals surface area contributed by atoms with E-state index in [1.165, 1.54) is 0 Å². The lowest BCUT2D eigenvalue weighted by Gasteiger charge is -2.06. The van der Waals surface area contributed by atoms with Crippen LogP contribution in [-0.4, -0.2) is 23.1 Å². The van der Waals surface area contributed by atoms with Gasteiger partial charge in [0.1, 0.15) is 12.4 Å². The van der Waals surface area contributed by atoms with Crippen LogP contribution >= 0.6 is 0 Å². The molecule has 14 heavy (non-hydrogen) atoms. The Morgan fingerprint density at radius 2 is 2.14 bits per heavy atom. The van der Waals surface area contributed by atoms with Crippen molar-refractivity contribution in [1.82, 2.24) is 9.97 Å². The summed E-state index contributed by atoms with van der Waals surface area (Å²) in [6.07, 6.45) is 0. The number of ether oxygens (including phenoxy) is 1. The molecule has 4 nitrogen and oxygen atoms in total. The molecule has 0 aliphatic rings. The Labute approximate surface area is 84.7 Å². The van der Waals surface area contributed by atoms with Gasteiger partial charge in [0, 0.05) is 24.9 Å². The van der Waals surface area contributed by atoms with Gasteiger partial charge in [0.05, 0.1) is 0 Å². The van der Waals surface area contributed by atoms with Crippen LogP contribution in [0.25, 0.3) is 0 Å². The summed E-state index contributed by atoms with van der Waals surface area (Å²) < 4.78 is 5.25. The van der Waals surface area contributed by atoms with Crippen molar-refractivity contribution in [2.75, 3.05) is 18.5 Å². The zero-order valence-electron chi connectivity index (χ0n) is 9.00. The fourth-order valence-corrected chi connectivity index (χ4v) is 1.16. The zero-order chi connectivity index (χ0) is 10.4. The minimum Gasteiger partial charge on any atom is -0.374 e. The Kier molecular flexibility index (Phi) is 4.32. The van der Waals surface area contributed by atoms with Gasteiger partial charge in [0.15, 0.2) is 5.82 Å². The Hall–Kier alpha value is -1.16. The lowest BCUT2D eigenvalue weighted by atomic mass is 10.4. The molecule has 0 fully saturated rings. The molecule has 0 spiro atoms. The van der Waals surface area contributed by atoms with Gasteiger partial charge in [0.2, 0.25) is 0 Å². The van der Waals surface area contributed by atoms with Crippen LogP contribution in [0.3, 0.4) is 0 Å². The number of hydrogen-bond donors (Lipinski definition) is 1. The van der Waals surface area contributed by atoms with Crippen molar-refractivity contribution in [3.05, 3.63) is 17.6 Å². The largest absolute Gasteiger partial charge is 0.374 e. The maximum Gasteiger partial charge on any atom is 0.156 e. The molecule has 0 saturated heterocycles. The first-order valence-electron chi connectivity index (χ1n) is 4.92. The molecule has 0 aromatic carbocycles. The fraction of sp³-hybridized carbons (Fsp3) is 0.600. The van der Waals surface area contributed by atoms with Crippen molar-refractivity contribution >= 4 is 5.82 Å². The van der Waals surface area contributed by atoms with Gasteiger partial charge in [-0.25, -0.2) is 9.97 Å². The Bertz CT molecular complexity index is 289. The molecule has 0 unspecified atom stereocenters. The molecule has 0 bridgehead atoms. The van der Waals surface area contributed by atoms with Crippen LogP contribution in [0, 0.1) is 6.92 Å². The third-order valence-corrected chi connectivity index (χ3v) is 1.69. The third-order valence-electron chi connectivity index (χ3n) is 1.69. The highest BCUT2D eigenvalue weighted by molar-refractivity contribution is 5.35. The Morgan fingerprint density at radius 3 is 2.79 bits per heavy atom. The molecule has 0 radical (unpaired) electrons. The minimum atomic E-state index is 0.483. The van der Waals surface area contributed by atoms with Crippen molar-refractivity contribution in [3.63, 3.8) is 0 Å². The maximum absolute atomic E-state index is 5.25. The number of aromatic nitrogens is 2. The quantitative estimate of drug-likeness (QED) is 0.777. The number of nitrogens with one attached hydrogen (secondary N) is 1. The number of nitrogens with zero attached hydrogens (tertiary/aromatic N) is 2. The highest BCUT2D eigenvalue weighted by atomic mass is 16.5. The van der Waals surface area contributed by atoms with E-state index in [9.17, 15) is 0 Å². The minimum absolute atomic E-state index is 0.483. The van der Waals surface area contributed by atoms with E-state index < -0.39 is 0 Å². The second kappa shape index (κ2) is 5.54. The molecule has 0 amide bonds. The molecular formula is C10H17N3O. The van der Waals surface area contributed by atoms with Crippen LogP contribution in [0.1, 0.15) is 25.4 Å². The van der Waals surface area contributed by atoms with Crippen LogP contribution in [0.15, 0.2) is 6.07 Å². The van der Waals surface area contributed by atoms with Gasteiger partial charge in [-0.15, -0.1) is 0 Å². The first kappa shape index (κ1) is 10.9. The van der Waals surface area contributed by atoms with Crippen molar-refractivity contribution in [2.24, 2.45) is 0 Å². The van der Waals surface area contributed by atoms with Crippen molar-refractivity contribution in [3.8, 4) is 0 Å². The average molecular weight is 195 g/mol. The molecule has 1 aromatic heterocycles. The van der Waals surface area contributed by atoms with E-state index >= 15 is 0 Å². The van der Waals surface area contributed by atoms with Crippen LogP contribution in [0.4, 0.5) is 5.82 Å². The van der Waals surface area contributed by atoms with E-state index in [0.29, 0.717) is 13.2 Å². The molecule has 4 heteroatoms. The highest BCUT2D eigenvalue weighted by Crippen LogP contribution is 2.06. The van der Waals surface area contributed by atoms with Gasteiger partial charge in [-0.3, -0.25) is 0 Å². The molecule has 0 saturated carbocycles. The van der Waals surface area contributed by atoms with E-state index in [0.717, 1.165) is 23.9 Å². The molecule has 78 valence electrons. The monoisotopic (exact) mass is 195 g/mol. The van der Waals surface area contributed by atoms with Gasteiger partial charge in [-0.1, -0.05) is 0 Å². The summed E-state index contributed by atoms with van der Waals surface area (Å²) in [5, 5.41) is 3.16. The highest BCUT2D eigenvalue weighted by Gasteiger charge is 2.00. The summed E-state index contributed by atoms with van der Waals surface area (Å²) in [7, 11) is 0. The fourth-order valence-electron chi connectivity index (χ4n) is 1.16. The lowest BCUT2D eigenvalue weighted by Crippen LogP contribution is -2.06. The number of rotatable bonds is 5. The van der Waals surface area contributed by atoms with Crippen molar-refractivity contribution < 1.29 is 4.74 Å². The average Bonchev–Trinajstić information content (AvgIpc) is 2.14. The smallest absolute Gasteiger partial charge is 0.156 e. The topological polar surface area (TPSA) is 47.0 Å². The Morgan fingerprint density at radius 1 is 1.36 bits per heavy atom. The van der Waals surface area contributed by atoms with Gasteiger partial charge in [-0.05, 0) is 20.8 Å². The third kappa shape index (κ3) is 3.30. The first-order valence-corrected chi connectivity index (χ1v) is 4.92. The second-order valence-electron chi connectivity index (χ2n) is 2.98. The zero-order valence-corrected chi connectivity index (χ0v) is 9.00. The van der Waals surface area contributed by atoms with Gasteiger partial charge in [-0.2, -0.15) is 0 Å². The molecule has 1 aromatic rings. The summed E-state index contributed by atoms with van der Waals surface area (Å²) >= 11 is 0. The molecule has 1 heterocycles. The van der Waals surface area contributed by atoms with Crippen molar-refractivity contribution in [2.45, 2.75) is 27.4 Å². The van der Waals surface area contributed by atoms with Crippen molar-refractivity contribution in [1.29, 1.82) is 0 Å². The summed E-state index contributed by atoms with van der Waals surface area (Å²) in [6, 6.07) is 1.93. The molecule has 0 atom stereocenters. The molecule has 1 N–H and O–H groups in total. The summed E-state index contributed by atoms with van der Waals surface area (Å²) in [5.74, 6) is 1.61.